The molecule has 2 N–H and O–H groups in total. The number of carbonyl (C=O) groups excluding carboxylic acids is 4. The van der Waals surface area contributed by atoms with Crippen molar-refractivity contribution < 1.29 is 33.4 Å². The van der Waals surface area contributed by atoms with Crippen LogP contribution in [0.2, 0.25) is 0 Å². The monoisotopic (exact) mass is 579 g/mol. The Morgan fingerprint density at radius 2 is 1.62 bits per heavy atom. The van der Waals surface area contributed by atoms with Gasteiger partial charge in [-0.15, -0.1) is 0 Å². The number of benzene rings is 2. The van der Waals surface area contributed by atoms with E-state index < -0.39 is 30.0 Å². The number of amidine groups is 1. The Labute approximate surface area is 245 Å². The van der Waals surface area contributed by atoms with Gasteiger partial charge in [-0.25, -0.2) is 4.79 Å². The molecule has 224 valence electrons. The summed E-state index contributed by atoms with van der Waals surface area (Å²) in [7, 11) is 0. The Morgan fingerprint density at radius 1 is 0.952 bits per heavy atom. The van der Waals surface area contributed by atoms with E-state index in [0.29, 0.717) is 56.1 Å². The first-order valence-electron chi connectivity index (χ1n) is 14.1. The molecule has 2 atom stereocenters. The normalized spacial score (nSPS) is 18.8. The van der Waals surface area contributed by atoms with Crippen molar-refractivity contribution >= 4 is 35.5 Å². The van der Waals surface area contributed by atoms with Crippen molar-refractivity contribution in [3.63, 3.8) is 0 Å². The summed E-state index contributed by atoms with van der Waals surface area (Å²) in [6, 6.07) is 14.9. The Morgan fingerprint density at radius 3 is 2.26 bits per heavy atom. The third-order valence-electron chi connectivity index (χ3n) is 7.13. The molecule has 2 unspecified atom stereocenters. The number of cyclic esters (lactones) is 1. The average Bonchev–Trinajstić information content (AvgIpc) is 3.36. The largest absolute Gasteiger partial charge is 0.466 e. The lowest BCUT2D eigenvalue weighted by molar-refractivity contribution is -0.157. The van der Waals surface area contributed by atoms with Gasteiger partial charge in [0, 0.05) is 49.5 Å². The highest BCUT2D eigenvalue weighted by atomic mass is 16.6. The van der Waals surface area contributed by atoms with Crippen LogP contribution in [0.3, 0.4) is 0 Å². The van der Waals surface area contributed by atoms with Crippen molar-refractivity contribution in [1.82, 2.24) is 9.80 Å². The van der Waals surface area contributed by atoms with Crippen LogP contribution >= 0.6 is 0 Å². The smallest absolute Gasteiger partial charge is 0.414 e. The predicted molar refractivity (Wildman–Crippen MR) is 155 cm³/mol. The number of esters is 2. The summed E-state index contributed by atoms with van der Waals surface area (Å²) < 4.78 is 15.9. The molecule has 2 aliphatic rings. The number of hydrogen-bond acceptors (Lipinski definition) is 9. The fourth-order valence-electron chi connectivity index (χ4n) is 4.98. The molecule has 12 nitrogen and oxygen atoms in total. The molecular weight excluding hydrogens is 542 g/mol. The third-order valence-corrected chi connectivity index (χ3v) is 7.13. The van der Waals surface area contributed by atoms with Crippen LogP contribution in [0.15, 0.2) is 59.6 Å². The van der Waals surface area contributed by atoms with Gasteiger partial charge in [0.15, 0.2) is 0 Å². The van der Waals surface area contributed by atoms with Crippen LogP contribution in [0.5, 0.6) is 0 Å². The summed E-state index contributed by atoms with van der Waals surface area (Å²) in [5.41, 5.74) is 7.71. The second kappa shape index (κ2) is 14.6. The lowest BCUT2D eigenvalue weighted by Crippen LogP contribution is -2.54. The number of ether oxygens (including phenoxy) is 3. The predicted octanol–water partition coefficient (Wildman–Crippen LogP) is 2.06. The topological polar surface area (TPSA) is 144 Å². The first-order valence-corrected chi connectivity index (χ1v) is 14.1. The van der Waals surface area contributed by atoms with Crippen LogP contribution in [-0.4, -0.2) is 104 Å². The lowest BCUT2D eigenvalue weighted by Gasteiger charge is -2.38. The fourth-order valence-corrected chi connectivity index (χ4v) is 4.98. The highest BCUT2D eigenvalue weighted by molar-refractivity contribution is 6.09. The molecule has 12 heteroatoms. The molecule has 0 spiro atoms. The molecule has 2 saturated heterocycles. The number of aliphatic imine (C=N–C) groups is 1. The van der Waals surface area contributed by atoms with E-state index >= 15 is 0 Å². The van der Waals surface area contributed by atoms with E-state index in [1.165, 1.54) is 0 Å². The molecule has 2 heterocycles. The highest BCUT2D eigenvalue weighted by Crippen LogP contribution is 2.23. The van der Waals surface area contributed by atoms with Crippen molar-refractivity contribution in [2.24, 2.45) is 10.7 Å². The minimum atomic E-state index is -0.690. The number of carbonyl (C=O) groups is 4. The molecule has 0 bridgehead atoms. The summed E-state index contributed by atoms with van der Waals surface area (Å²) in [5, 5.41) is 0. The standard InChI is InChI=1S/C30H37N5O7/c1-3-40-26(36)18-25(29(38)41-4-2)34-16-14-33(15-17-34)19-24-20-35(30(39)42-24)23-12-10-21(11-13-23)27(31)32-28(37)22-8-6-5-7-9-22/h5-13,24-25H,3-4,14-20H2,1-2H3,(H2,31,32,37). The van der Waals surface area contributed by atoms with Crippen LogP contribution < -0.4 is 10.6 Å². The van der Waals surface area contributed by atoms with Gasteiger partial charge in [0.2, 0.25) is 0 Å². The highest BCUT2D eigenvalue weighted by Gasteiger charge is 2.36. The zero-order chi connectivity index (χ0) is 30.1. The summed E-state index contributed by atoms with van der Waals surface area (Å²) >= 11 is 0. The van der Waals surface area contributed by atoms with Crippen LogP contribution in [0.25, 0.3) is 0 Å². The van der Waals surface area contributed by atoms with Crippen molar-refractivity contribution in [1.29, 1.82) is 0 Å². The number of amides is 2. The average molecular weight is 580 g/mol. The molecule has 0 aliphatic carbocycles. The van der Waals surface area contributed by atoms with Crippen molar-refractivity contribution in [2.75, 3.05) is 57.4 Å². The maximum atomic E-state index is 12.7. The fraction of sp³-hybridized carbons (Fsp3) is 0.433. The van der Waals surface area contributed by atoms with Crippen LogP contribution in [-0.2, 0) is 23.8 Å². The van der Waals surface area contributed by atoms with E-state index in [1.54, 1.807) is 67.3 Å². The van der Waals surface area contributed by atoms with Crippen LogP contribution in [0.4, 0.5) is 10.5 Å². The van der Waals surface area contributed by atoms with Gasteiger partial charge in [-0.05, 0) is 50.2 Å². The van der Waals surface area contributed by atoms with E-state index in [0.717, 1.165) is 0 Å². The molecule has 0 saturated carbocycles. The lowest BCUT2D eigenvalue weighted by atomic mass is 10.1. The Kier molecular flexibility index (Phi) is 10.6. The molecule has 4 rings (SSSR count). The van der Waals surface area contributed by atoms with E-state index in [-0.39, 0.29) is 31.6 Å². The second-order valence-electron chi connectivity index (χ2n) is 9.95. The first-order chi connectivity index (χ1) is 20.3. The molecule has 2 amide bonds. The molecular formula is C30H37N5O7. The SMILES string of the molecule is CCOC(=O)CC(C(=O)OCC)N1CCN(CC2CN(c3ccc(C(N)=NC(=O)c4ccccc4)cc3)C(=O)O2)CC1. The van der Waals surface area contributed by atoms with E-state index in [4.69, 9.17) is 19.9 Å². The number of nitrogens with two attached hydrogens (primary N) is 1. The van der Waals surface area contributed by atoms with Crippen molar-refractivity contribution in [3.05, 3.63) is 65.7 Å². The molecule has 2 aromatic carbocycles. The zero-order valence-corrected chi connectivity index (χ0v) is 23.9. The summed E-state index contributed by atoms with van der Waals surface area (Å²) in [6.07, 6.45) is -0.829. The van der Waals surface area contributed by atoms with Gasteiger partial charge in [0.05, 0.1) is 26.2 Å². The number of anilines is 1. The second-order valence-corrected chi connectivity index (χ2v) is 9.95. The Hall–Kier alpha value is -4.29. The Balaban J connectivity index is 1.30. The van der Waals surface area contributed by atoms with Gasteiger partial charge in [0.25, 0.3) is 5.91 Å². The molecule has 2 fully saturated rings. The molecule has 42 heavy (non-hydrogen) atoms. The summed E-state index contributed by atoms with van der Waals surface area (Å²) in [6.45, 7) is 7.26. The third kappa shape index (κ3) is 7.92. The van der Waals surface area contributed by atoms with Gasteiger partial charge in [-0.3, -0.25) is 29.1 Å². The Bertz CT molecular complexity index is 1280. The molecule has 2 aliphatic heterocycles. The maximum absolute atomic E-state index is 12.7. The van der Waals surface area contributed by atoms with E-state index in [1.807, 2.05) is 11.0 Å². The van der Waals surface area contributed by atoms with Gasteiger partial charge in [-0.2, -0.15) is 4.99 Å². The number of rotatable bonds is 11. The van der Waals surface area contributed by atoms with E-state index in [9.17, 15) is 19.2 Å². The van der Waals surface area contributed by atoms with Gasteiger partial charge in [-0.1, -0.05) is 18.2 Å². The zero-order valence-electron chi connectivity index (χ0n) is 23.9. The minimum absolute atomic E-state index is 0.0541. The minimum Gasteiger partial charge on any atom is -0.466 e. The van der Waals surface area contributed by atoms with Gasteiger partial charge in [0.1, 0.15) is 18.0 Å². The quantitative estimate of drug-likeness (QED) is 0.182. The van der Waals surface area contributed by atoms with E-state index in [2.05, 4.69) is 9.89 Å². The number of piperazine rings is 1. The molecule has 0 radical (unpaired) electrons. The van der Waals surface area contributed by atoms with Crippen LogP contribution in [0.1, 0.15) is 36.2 Å². The van der Waals surface area contributed by atoms with Gasteiger partial charge >= 0.3 is 18.0 Å². The number of nitrogens with zero attached hydrogens (tertiary/aromatic N) is 4. The first kappa shape index (κ1) is 30.7. The van der Waals surface area contributed by atoms with Crippen molar-refractivity contribution in [3.8, 4) is 0 Å². The van der Waals surface area contributed by atoms with Gasteiger partial charge < -0.3 is 19.9 Å². The molecule has 0 aromatic heterocycles. The summed E-state index contributed by atoms with van der Waals surface area (Å²) in [5.74, 6) is -1.20. The van der Waals surface area contributed by atoms with Crippen molar-refractivity contribution in [2.45, 2.75) is 32.4 Å². The maximum Gasteiger partial charge on any atom is 0.414 e. The van der Waals surface area contributed by atoms with Crippen LogP contribution in [0, 0.1) is 0 Å². The molecule has 2 aromatic rings. The summed E-state index contributed by atoms with van der Waals surface area (Å²) in [4.78, 5) is 59.3. The number of hydrogen-bond donors (Lipinski definition) is 1.